The van der Waals surface area contributed by atoms with E-state index < -0.39 is 11.7 Å². The highest BCUT2D eigenvalue weighted by molar-refractivity contribution is 5.68. The zero-order chi connectivity index (χ0) is 19.4. The van der Waals surface area contributed by atoms with E-state index in [4.69, 9.17) is 4.74 Å². The van der Waals surface area contributed by atoms with Gasteiger partial charge in [-0.1, -0.05) is 25.5 Å². The Bertz CT molecular complexity index is 586. The Morgan fingerprint density at radius 2 is 1.88 bits per heavy atom. The van der Waals surface area contributed by atoms with Gasteiger partial charge in [-0.2, -0.15) is 0 Å². The molecule has 1 fully saturated rings. The smallest absolute Gasteiger partial charge is 0.407 e. The minimum absolute atomic E-state index is 0.125. The number of carbonyl (C=O) groups is 1. The van der Waals surface area contributed by atoms with Gasteiger partial charge >= 0.3 is 6.09 Å². The van der Waals surface area contributed by atoms with Gasteiger partial charge in [-0.25, -0.2) is 9.18 Å². The maximum absolute atomic E-state index is 13.5. The lowest BCUT2D eigenvalue weighted by atomic mass is 9.63. The van der Waals surface area contributed by atoms with E-state index in [2.05, 4.69) is 12.2 Å². The molecule has 2 rings (SSSR count). The third-order valence-corrected chi connectivity index (χ3v) is 5.20. The SMILES string of the molecule is CCC[C@@H](NC(=O)OC(C)(C)C)C1(c2ccc(F)cc2)CCC(O)CC1. The third kappa shape index (κ3) is 5.19. The topological polar surface area (TPSA) is 58.6 Å². The molecule has 1 amide bonds. The van der Waals surface area contributed by atoms with Crippen molar-refractivity contribution in [1.29, 1.82) is 0 Å². The van der Waals surface area contributed by atoms with Gasteiger partial charge in [0.2, 0.25) is 0 Å². The van der Waals surface area contributed by atoms with E-state index in [0.717, 1.165) is 31.2 Å². The molecule has 0 unspecified atom stereocenters. The van der Waals surface area contributed by atoms with Crippen LogP contribution in [0.3, 0.4) is 0 Å². The minimum Gasteiger partial charge on any atom is -0.444 e. The second kappa shape index (κ2) is 8.38. The third-order valence-electron chi connectivity index (χ3n) is 5.20. The minimum atomic E-state index is -0.563. The number of hydrogen-bond acceptors (Lipinski definition) is 3. The fraction of sp³-hybridized carbons (Fsp3) is 0.667. The molecule has 146 valence electrons. The second-order valence-electron chi connectivity index (χ2n) is 8.38. The highest BCUT2D eigenvalue weighted by Gasteiger charge is 2.43. The molecule has 0 heterocycles. The van der Waals surface area contributed by atoms with Crippen molar-refractivity contribution in [3.8, 4) is 0 Å². The molecule has 1 aliphatic rings. The van der Waals surface area contributed by atoms with Gasteiger partial charge in [0, 0.05) is 11.5 Å². The summed E-state index contributed by atoms with van der Waals surface area (Å²) < 4.78 is 18.9. The van der Waals surface area contributed by atoms with Crippen molar-refractivity contribution >= 4 is 6.09 Å². The summed E-state index contributed by atoms with van der Waals surface area (Å²) in [5.41, 5.74) is 0.132. The average Bonchev–Trinajstić information content (AvgIpc) is 2.55. The molecule has 5 heteroatoms. The van der Waals surface area contributed by atoms with Gasteiger partial charge in [-0.3, -0.25) is 0 Å². The molecule has 1 aliphatic carbocycles. The van der Waals surface area contributed by atoms with E-state index in [-0.39, 0.29) is 23.4 Å². The normalized spacial score (nSPS) is 24.8. The van der Waals surface area contributed by atoms with Crippen molar-refractivity contribution in [2.75, 3.05) is 0 Å². The molecule has 1 aromatic rings. The predicted molar refractivity (Wildman–Crippen MR) is 101 cm³/mol. The molecule has 1 saturated carbocycles. The quantitative estimate of drug-likeness (QED) is 0.796. The number of alkyl carbamates (subject to hydrolysis) is 1. The summed E-state index contributed by atoms with van der Waals surface area (Å²) in [5.74, 6) is -0.271. The number of rotatable bonds is 5. The van der Waals surface area contributed by atoms with Gasteiger partial charge in [-0.15, -0.1) is 0 Å². The average molecular weight is 365 g/mol. The Balaban J connectivity index is 2.33. The number of benzene rings is 1. The molecule has 1 aromatic carbocycles. The zero-order valence-electron chi connectivity index (χ0n) is 16.3. The van der Waals surface area contributed by atoms with Crippen molar-refractivity contribution < 1.29 is 19.0 Å². The van der Waals surface area contributed by atoms with Crippen LogP contribution in [0.15, 0.2) is 24.3 Å². The van der Waals surface area contributed by atoms with E-state index in [1.165, 1.54) is 12.1 Å². The molecule has 0 spiro atoms. The molecule has 1 atom stereocenters. The fourth-order valence-corrected chi connectivity index (χ4v) is 3.96. The number of amides is 1. The van der Waals surface area contributed by atoms with Gasteiger partial charge in [0.05, 0.1) is 6.10 Å². The first kappa shape index (κ1) is 20.7. The summed E-state index contributed by atoms with van der Waals surface area (Å²) in [4.78, 5) is 12.4. The van der Waals surface area contributed by atoms with Gasteiger partial charge in [0.1, 0.15) is 11.4 Å². The summed E-state index contributed by atoms with van der Waals surface area (Å²) in [6.45, 7) is 7.61. The molecule has 26 heavy (non-hydrogen) atoms. The van der Waals surface area contributed by atoms with Crippen LogP contribution in [0.2, 0.25) is 0 Å². The standard InChI is InChI=1S/C21H32FNO3/c1-5-6-18(23-19(25)26-20(2,3)4)21(13-11-17(24)12-14-21)15-7-9-16(22)10-8-15/h7-10,17-18,24H,5-6,11-14H2,1-4H3,(H,23,25)/t17?,18-,21?/m1/s1. The lowest BCUT2D eigenvalue weighted by Crippen LogP contribution is -2.53. The lowest BCUT2D eigenvalue weighted by Gasteiger charge is -2.45. The first-order chi connectivity index (χ1) is 12.2. The maximum atomic E-state index is 13.5. The molecule has 0 bridgehead atoms. The highest BCUT2D eigenvalue weighted by Crippen LogP contribution is 2.43. The molecule has 0 saturated heterocycles. The molecular formula is C21H32FNO3. The molecule has 0 radical (unpaired) electrons. The predicted octanol–water partition coefficient (Wildman–Crippen LogP) is 4.69. The van der Waals surface area contributed by atoms with E-state index in [9.17, 15) is 14.3 Å². The van der Waals surface area contributed by atoms with Crippen molar-refractivity contribution in [3.05, 3.63) is 35.6 Å². The van der Waals surface area contributed by atoms with E-state index in [1.54, 1.807) is 0 Å². The fourth-order valence-electron chi connectivity index (χ4n) is 3.96. The summed E-state index contributed by atoms with van der Waals surface area (Å²) in [6, 6.07) is 6.44. The molecule has 2 N–H and O–H groups in total. The Kier molecular flexibility index (Phi) is 6.67. The second-order valence-corrected chi connectivity index (χ2v) is 8.38. The van der Waals surface area contributed by atoms with Crippen LogP contribution in [0.1, 0.15) is 71.8 Å². The Morgan fingerprint density at radius 3 is 2.38 bits per heavy atom. The number of halogens is 1. The summed E-state index contributed by atoms with van der Waals surface area (Å²) >= 11 is 0. The van der Waals surface area contributed by atoms with Crippen molar-refractivity contribution in [1.82, 2.24) is 5.32 Å². The van der Waals surface area contributed by atoms with Crippen LogP contribution in [-0.2, 0) is 10.2 Å². The summed E-state index contributed by atoms with van der Waals surface area (Å²) in [5, 5.41) is 13.1. The van der Waals surface area contributed by atoms with Gasteiger partial charge in [0.15, 0.2) is 0 Å². The lowest BCUT2D eigenvalue weighted by molar-refractivity contribution is 0.0401. The van der Waals surface area contributed by atoms with Crippen LogP contribution in [0.5, 0.6) is 0 Å². The van der Waals surface area contributed by atoms with Crippen LogP contribution in [0.4, 0.5) is 9.18 Å². The van der Waals surface area contributed by atoms with Gasteiger partial charge in [-0.05, 0) is 70.6 Å². The largest absolute Gasteiger partial charge is 0.444 e. The number of ether oxygens (including phenoxy) is 1. The number of aliphatic hydroxyl groups excluding tert-OH is 1. The molecular weight excluding hydrogens is 333 g/mol. The monoisotopic (exact) mass is 365 g/mol. The van der Waals surface area contributed by atoms with Crippen LogP contribution in [0.25, 0.3) is 0 Å². The van der Waals surface area contributed by atoms with Crippen molar-refractivity contribution in [2.45, 2.75) is 89.4 Å². The van der Waals surface area contributed by atoms with Crippen LogP contribution in [0, 0.1) is 5.82 Å². The van der Waals surface area contributed by atoms with Crippen LogP contribution < -0.4 is 5.32 Å². The Morgan fingerprint density at radius 1 is 1.31 bits per heavy atom. The Labute approximate surface area is 156 Å². The summed E-state index contributed by atoms with van der Waals surface area (Å²) in [7, 11) is 0. The number of carbonyl (C=O) groups excluding carboxylic acids is 1. The molecule has 0 aromatic heterocycles. The molecule has 0 aliphatic heterocycles. The van der Waals surface area contributed by atoms with E-state index in [0.29, 0.717) is 12.8 Å². The maximum Gasteiger partial charge on any atom is 0.407 e. The van der Waals surface area contributed by atoms with Gasteiger partial charge in [0.25, 0.3) is 0 Å². The Hall–Kier alpha value is -1.62. The van der Waals surface area contributed by atoms with Crippen molar-refractivity contribution in [3.63, 3.8) is 0 Å². The highest BCUT2D eigenvalue weighted by atomic mass is 19.1. The molecule has 4 nitrogen and oxygen atoms in total. The number of hydrogen-bond donors (Lipinski definition) is 2. The van der Waals surface area contributed by atoms with E-state index in [1.807, 2.05) is 32.9 Å². The van der Waals surface area contributed by atoms with Crippen LogP contribution in [-0.4, -0.2) is 28.9 Å². The first-order valence-electron chi connectivity index (χ1n) is 9.60. The number of aliphatic hydroxyl groups is 1. The van der Waals surface area contributed by atoms with Crippen LogP contribution >= 0.6 is 0 Å². The van der Waals surface area contributed by atoms with Gasteiger partial charge < -0.3 is 15.2 Å². The zero-order valence-corrected chi connectivity index (χ0v) is 16.3. The van der Waals surface area contributed by atoms with Crippen molar-refractivity contribution in [2.24, 2.45) is 0 Å². The van der Waals surface area contributed by atoms with E-state index >= 15 is 0 Å². The first-order valence-corrected chi connectivity index (χ1v) is 9.60. The number of nitrogens with one attached hydrogen (secondary N) is 1. The summed E-state index contributed by atoms with van der Waals surface area (Å²) in [6.07, 6.45) is 3.82.